The minimum Gasteiger partial charge on any atom is -0.366 e. The zero-order valence-corrected chi connectivity index (χ0v) is 11.8. The number of nitrogens with two attached hydrogens (primary N) is 2. The molecule has 0 atom stereocenters. The second-order valence-electron chi connectivity index (χ2n) is 5.65. The molecule has 4 N–H and O–H groups in total. The summed E-state index contributed by atoms with van der Waals surface area (Å²) in [4.78, 5) is 13.3. The highest BCUT2D eigenvalue weighted by molar-refractivity contribution is 5.92. The Balaban J connectivity index is 2.05. The molecule has 1 aliphatic carbocycles. The predicted octanol–water partition coefficient (Wildman–Crippen LogP) is 1.63. The minimum atomic E-state index is -0.530. The molecule has 0 aliphatic heterocycles. The van der Waals surface area contributed by atoms with Gasteiger partial charge in [-0.05, 0) is 50.9 Å². The highest BCUT2D eigenvalue weighted by Gasteiger charge is 2.22. The molecule has 1 aliphatic rings. The van der Waals surface area contributed by atoms with Crippen LogP contribution >= 0.6 is 0 Å². The molecule has 20 heavy (non-hydrogen) atoms. The van der Waals surface area contributed by atoms with Crippen molar-refractivity contribution in [2.45, 2.75) is 44.3 Å². The lowest BCUT2D eigenvalue weighted by molar-refractivity contribution is 0.1000. The lowest BCUT2D eigenvalue weighted by Crippen LogP contribution is -2.38. The van der Waals surface area contributed by atoms with E-state index in [1.165, 1.54) is 12.1 Å². The predicted molar refractivity (Wildman–Crippen MR) is 76.6 cm³/mol. The van der Waals surface area contributed by atoms with Crippen molar-refractivity contribution in [3.05, 3.63) is 35.1 Å². The molecule has 0 saturated heterocycles. The van der Waals surface area contributed by atoms with Crippen molar-refractivity contribution in [3.63, 3.8) is 0 Å². The second kappa shape index (κ2) is 6.33. The Kier molecular flexibility index (Phi) is 4.73. The Hall–Kier alpha value is -1.46. The summed E-state index contributed by atoms with van der Waals surface area (Å²) in [5.74, 6) is -0.827. The summed E-state index contributed by atoms with van der Waals surface area (Å²) in [7, 11) is 1.98. The topological polar surface area (TPSA) is 72.3 Å². The van der Waals surface area contributed by atoms with Crippen LogP contribution < -0.4 is 11.5 Å². The number of carbonyl (C=O) groups excluding carboxylic acids is 1. The van der Waals surface area contributed by atoms with Gasteiger partial charge in [-0.15, -0.1) is 0 Å². The molecule has 4 nitrogen and oxygen atoms in total. The van der Waals surface area contributed by atoms with E-state index in [2.05, 4.69) is 4.90 Å². The van der Waals surface area contributed by atoms with Crippen LogP contribution in [0.5, 0.6) is 0 Å². The number of nitrogens with zero attached hydrogens (tertiary/aromatic N) is 1. The van der Waals surface area contributed by atoms with E-state index in [-0.39, 0.29) is 5.82 Å². The molecule has 1 amide bonds. The van der Waals surface area contributed by atoms with Gasteiger partial charge in [0.05, 0.1) is 0 Å². The molecule has 0 bridgehead atoms. The number of primary amides is 1. The lowest BCUT2D eigenvalue weighted by Gasteiger charge is -2.33. The van der Waals surface area contributed by atoms with Crippen LogP contribution in [-0.2, 0) is 6.54 Å². The molecule has 0 unspecified atom stereocenters. The summed E-state index contributed by atoms with van der Waals surface area (Å²) in [5.41, 5.74) is 12.0. The van der Waals surface area contributed by atoms with Gasteiger partial charge in [0.2, 0.25) is 5.91 Å². The van der Waals surface area contributed by atoms with Crippen LogP contribution in [0.25, 0.3) is 0 Å². The normalized spacial score (nSPS) is 23.0. The number of amides is 1. The van der Waals surface area contributed by atoms with Gasteiger partial charge in [0, 0.05) is 29.8 Å². The molecule has 1 saturated carbocycles. The summed E-state index contributed by atoms with van der Waals surface area (Å²) < 4.78 is 13.8. The largest absolute Gasteiger partial charge is 0.366 e. The van der Waals surface area contributed by atoms with Gasteiger partial charge in [-0.1, -0.05) is 0 Å². The van der Waals surface area contributed by atoms with E-state index in [9.17, 15) is 9.18 Å². The van der Waals surface area contributed by atoms with Gasteiger partial charge in [0.1, 0.15) is 5.82 Å². The van der Waals surface area contributed by atoms with Crippen LogP contribution in [0.2, 0.25) is 0 Å². The SMILES string of the molecule is CN(Cc1cc(C(N)=O)ccc1F)C1CCC(N)CC1. The number of rotatable bonds is 4. The summed E-state index contributed by atoms with van der Waals surface area (Å²) in [6, 6.07) is 4.99. The Bertz CT molecular complexity index is 484. The fourth-order valence-electron chi connectivity index (χ4n) is 2.79. The third-order valence-electron chi connectivity index (χ3n) is 4.11. The monoisotopic (exact) mass is 279 g/mol. The molecule has 2 rings (SSSR count). The molecule has 0 spiro atoms. The molecule has 1 aromatic carbocycles. The molecule has 0 aromatic heterocycles. The maximum atomic E-state index is 13.8. The Labute approximate surface area is 118 Å². The van der Waals surface area contributed by atoms with E-state index in [1.54, 1.807) is 6.07 Å². The number of halogens is 1. The van der Waals surface area contributed by atoms with Crippen LogP contribution in [-0.4, -0.2) is 29.9 Å². The molecule has 0 radical (unpaired) electrons. The van der Waals surface area contributed by atoms with Crippen LogP contribution in [0.1, 0.15) is 41.6 Å². The van der Waals surface area contributed by atoms with E-state index >= 15 is 0 Å². The first-order valence-corrected chi connectivity index (χ1v) is 7.01. The minimum absolute atomic E-state index is 0.297. The number of hydrogen-bond donors (Lipinski definition) is 2. The standard InChI is InChI=1S/C15H22FN3O/c1-19(13-5-3-12(17)4-6-13)9-11-8-10(15(18)20)2-7-14(11)16/h2,7-8,12-13H,3-6,9,17H2,1H3,(H2,18,20). The highest BCUT2D eigenvalue weighted by Crippen LogP contribution is 2.23. The third kappa shape index (κ3) is 3.55. The van der Waals surface area contributed by atoms with Crippen molar-refractivity contribution in [1.82, 2.24) is 4.90 Å². The number of hydrogen-bond acceptors (Lipinski definition) is 3. The zero-order chi connectivity index (χ0) is 14.7. The van der Waals surface area contributed by atoms with Crippen LogP contribution in [0.4, 0.5) is 4.39 Å². The molecule has 1 aromatic rings. The van der Waals surface area contributed by atoms with Crippen LogP contribution in [0.3, 0.4) is 0 Å². The molecule has 110 valence electrons. The third-order valence-corrected chi connectivity index (χ3v) is 4.11. The first kappa shape index (κ1) is 14.9. The van der Waals surface area contributed by atoms with E-state index < -0.39 is 5.91 Å². The Morgan fingerprint density at radius 1 is 1.35 bits per heavy atom. The summed E-state index contributed by atoms with van der Waals surface area (Å²) in [5, 5.41) is 0. The number of benzene rings is 1. The van der Waals surface area contributed by atoms with Crippen molar-refractivity contribution in [2.24, 2.45) is 11.5 Å². The lowest BCUT2D eigenvalue weighted by atomic mass is 9.91. The fraction of sp³-hybridized carbons (Fsp3) is 0.533. The smallest absolute Gasteiger partial charge is 0.248 e. The first-order valence-electron chi connectivity index (χ1n) is 7.01. The fourth-order valence-corrected chi connectivity index (χ4v) is 2.79. The molecule has 5 heteroatoms. The summed E-state index contributed by atoms with van der Waals surface area (Å²) in [6.45, 7) is 0.479. The summed E-state index contributed by atoms with van der Waals surface area (Å²) >= 11 is 0. The maximum Gasteiger partial charge on any atom is 0.248 e. The molecule has 0 heterocycles. The average molecular weight is 279 g/mol. The first-order chi connectivity index (χ1) is 9.47. The number of carbonyl (C=O) groups is 1. The van der Waals surface area contributed by atoms with Crippen LogP contribution in [0.15, 0.2) is 18.2 Å². The van der Waals surface area contributed by atoms with Gasteiger partial charge in [-0.2, -0.15) is 0 Å². The highest BCUT2D eigenvalue weighted by atomic mass is 19.1. The molecular formula is C15H22FN3O. The Morgan fingerprint density at radius 3 is 2.60 bits per heavy atom. The van der Waals surface area contributed by atoms with Crippen molar-refractivity contribution in [1.29, 1.82) is 0 Å². The quantitative estimate of drug-likeness (QED) is 0.879. The van der Waals surface area contributed by atoms with E-state index in [1.807, 2.05) is 7.05 Å². The van der Waals surface area contributed by atoms with Gasteiger partial charge in [0.25, 0.3) is 0 Å². The van der Waals surface area contributed by atoms with Gasteiger partial charge < -0.3 is 11.5 Å². The average Bonchev–Trinajstić information content (AvgIpc) is 2.41. The van der Waals surface area contributed by atoms with Crippen molar-refractivity contribution < 1.29 is 9.18 Å². The zero-order valence-electron chi connectivity index (χ0n) is 11.8. The van der Waals surface area contributed by atoms with E-state index in [4.69, 9.17) is 11.5 Å². The molecular weight excluding hydrogens is 257 g/mol. The van der Waals surface area contributed by atoms with Crippen molar-refractivity contribution >= 4 is 5.91 Å². The van der Waals surface area contributed by atoms with Gasteiger partial charge in [-0.25, -0.2) is 4.39 Å². The van der Waals surface area contributed by atoms with Crippen molar-refractivity contribution in [3.8, 4) is 0 Å². The van der Waals surface area contributed by atoms with Crippen molar-refractivity contribution in [2.75, 3.05) is 7.05 Å². The van der Waals surface area contributed by atoms with Gasteiger partial charge in [0.15, 0.2) is 0 Å². The maximum absolute atomic E-state index is 13.8. The Morgan fingerprint density at radius 2 is 2.00 bits per heavy atom. The van der Waals surface area contributed by atoms with Gasteiger partial charge >= 0.3 is 0 Å². The summed E-state index contributed by atoms with van der Waals surface area (Å²) in [6.07, 6.45) is 4.10. The van der Waals surface area contributed by atoms with Gasteiger partial charge in [-0.3, -0.25) is 9.69 Å². The van der Waals surface area contributed by atoms with E-state index in [0.717, 1.165) is 25.7 Å². The molecule has 1 fully saturated rings. The second-order valence-corrected chi connectivity index (χ2v) is 5.65. The van der Waals surface area contributed by atoms with Crippen LogP contribution in [0, 0.1) is 5.82 Å². The van der Waals surface area contributed by atoms with E-state index in [0.29, 0.717) is 29.8 Å².